The molecule has 0 bridgehead atoms. The van der Waals surface area contributed by atoms with Crippen molar-refractivity contribution in [1.82, 2.24) is 4.90 Å². The summed E-state index contributed by atoms with van der Waals surface area (Å²) in [5.74, 6) is 0.702. The summed E-state index contributed by atoms with van der Waals surface area (Å²) in [6, 6.07) is 19.9. The number of hydrogen-bond acceptors (Lipinski definition) is 1. The van der Waals surface area contributed by atoms with Gasteiger partial charge < -0.3 is 0 Å². The molecule has 1 aliphatic heterocycles. The Morgan fingerprint density at radius 1 is 1.00 bits per heavy atom. The van der Waals surface area contributed by atoms with Gasteiger partial charge in [0, 0.05) is 13.1 Å². The number of aryl methyl sites for hydroxylation is 1. The van der Waals surface area contributed by atoms with E-state index in [4.69, 9.17) is 0 Å². The zero-order chi connectivity index (χ0) is 13.8. The highest BCUT2D eigenvalue weighted by molar-refractivity contribution is 5.25. The van der Waals surface area contributed by atoms with E-state index < -0.39 is 0 Å². The Labute approximate surface area is 122 Å². The van der Waals surface area contributed by atoms with Crippen LogP contribution in [0.15, 0.2) is 54.6 Å². The lowest BCUT2D eigenvalue weighted by atomic mass is 9.90. The molecule has 0 aliphatic carbocycles. The normalized spacial score (nSPS) is 19.9. The number of likely N-dealkylation sites (tertiary alicyclic amines) is 1. The van der Waals surface area contributed by atoms with E-state index in [1.807, 2.05) is 0 Å². The number of hydrogen-bond donors (Lipinski definition) is 0. The van der Waals surface area contributed by atoms with Gasteiger partial charge in [-0.15, -0.1) is 0 Å². The highest BCUT2D eigenvalue weighted by Crippen LogP contribution is 2.27. The summed E-state index contributed by atoms with van der Waals surface area (Å²) in [5, 5.41) is 0. The van der Waals surface area contributed by atoms with Gasteiger partial charge in [0.15, 0.2) is 0 Å². The molecule has 0 N–H and O–H groups in total. The highest BCUT2D eigenvalue weighted by atomic mass is 15.1. The van der Waals surface area contributed by atoms with Crippen LogP contribution in [-0.2, 0) is 6.54 Å². The predicted molar refractivity (Wildman–Crippen MR) is 84.9 cm³/mol. The first-order valence-corrected chi connectivity index (χ1v) is 7.64. The standard InChI is InChI=1S/C19H23N/c1-16-9-11-18(12-10-16)19-8-5-13-20(15-19)14-17-6-3-2-4-7-17/h2-4,6-7,9-12,19H,5,8,13-15H2,1H3. The first-order valence-electron chi connectivity index (χ1n) is 7.64. The van der Waals surface area contributed by atoms with Crippen molar-refractivity contribution < 1.29 is 0 Å². The molecule has 1 unspecified atom stereocenters. The molecule has 1 nitrogen and oxygen atoms in total. The van der Waals surface area contributed by atoms with Gasteiger partial charge in [-0.3, -0.25) is 4.90 Å². The molecule has 1 heteroatoms. The summed E-state index contributed by atoms with van der Waals surface area (Å²) >= 11 is 0. The zero-order valence-electron chi connectivity index (χ0n) is 12.3. The Hall–Kier alpha value is -1.60. The van der Waals surface area contributed by atoms with Gasteiger partial charge >= 0.3 is 0 Å². The number of rotatable bonds is 3. The Morgan fingerprint density at radius 2 is 1.75 bits per heavy atom. The third-order valence-electron chi connectivity index (χ3n) is 4.30. The van der Waals surface area contributed by atoms with Gasteiger partial charge in [-0.2, -0.15) is 0 Å². The molecule has 1 saturated heterocycles. The third kappa shape index (κ3) is 3.29. The fourth-order valence-corrected chi connectivity index (χ4v) is 3.15. The van der Waals surface area contributed by atoms with Gasteiger partial charge in [0.25, 0.3) is 0 Å². The fraction of sp³-hybridized carbons (Fsp3) is 0.368. The molecule has 0 aromatic heterocycles. The summed E-state index contributed by atoms with van der Waals surface area (Å²) in [6.45, 7) is 5.67. The second kappa shape index (κ2) is 6.23. The van der Waals surface area contributed by atoms with Crippen LogP contribution >= 0.6 is 0 Å². The van der Waals surface area contributed by atoms with Crippen LogP contribution in [0.2, 0.25) is 0 Å². The van der Waals surface area contributed by atoms with E-state index in [2.05, 4.69) is 66.4 Å². The lowest BCUT2D eigenvalue weighted by Gasteiger charge is -2.33. The van der Waals surface area contributed by atoms with Gasteiger partial charge in [0.2, 0.25) is 0 Å². The van der Waals surface area contributed by atoms with Crippen LogP contribution in [0.5, 0.6) is 0 Å². The quantitative estimate of drug-likeness (QED) is 0.796. The molecule has 3 rings (SSSR count). The minimum absolute atomic E-state index is 0.702. The van der Waals surface area contributed by atoms with Crippen molar-refractivity contribution in [3.05, 3.63) is 71.3 Å². The summed E-state index contributed by atoms with van der Waals surface area (Å²) in [6.07, 6.45) is 2.64. The molecule has 0 amide bonds. The zero-order valence-corrected chi connectivity index (χ0v) is 12.3. The Kier molecular flexibility index (Phi) is 4.17. The van der Waals surface area contributed by atoms with Crippen LogP contribution in [0.3, 0.4) is 0 Å². The van der Waals surface area contributed by atoms with E-state index in [1.54, 1.807) is 0 Å². The first kappa shape index (κ1) is 13.4. The number of nitrogens with zero attached hydrogens (tertiary/aromatic N) is 1. The summed E-state index contributed by atoms with van der Waals surface area (Å²) in [4.78, 5) is 2.60. The number of piperidine rings is 1. The molecule has 1 aliphatic rings. The molecule has 104 valence electrons. The second-order valence-electron chi connectivity index (χ2n) is 5.97. The van der Waals surface area contributed by atoms with Crippen LogP contribution in [0.25, 0.3) is 0 Å². The van der Waals surface area contributed by atoms with Gasteiger partial charge in [0.05, 0.1) is 0 Å². The maximum absolute atomic E-state index is 2.60. The molecule has 1 fully saturated rings. The monoisotopic (exact) mass is 265 g/mol. The largest absolute Gasteiger partial charge is 0.298 e. The topological polar surface area (TPSA) is 3.24 Å². The van der Waals surface area contributed by atoms with Gasteiger partial charge in [-0.25, -0.2) is 0 Å². The molecular formula is C19H23N. The average Bonchev–Trinajstić information content (AvgIpc) is 2.49. The fourth-order valence-electron chi connectivity index (χ4n) is 3.15. The number of benzene rings is 2. The van der Waals surface area contributed by atoms with Crippen molar-refractivity contribution in [1.29, 1.82) is 0 Å². The highest BCUT2D eigenvalue weighted by Gasteiger charge is 2.21. The van der Waals surface area contributed by atoms with Crippen molar-refractivity contribution in [2.75, 3.05) is 13.1 Å². The second-order valence-corrected chi connectivity index (χ2v) is 5.97. The van der Waals surface area contributed by atoms with Crippen molar-refractivity contribution in [3.63, 3.8) is 0 Å². The van der Waals surface area contributed by atoms with Crippen molar-refractivity contribution in [2.24, 2.45) is 0 Å². The van der Waals surface area contributed by atoms with Gasteiger partial charge in [0.1, 0.15) is 0 Å². The maximum Gasteiger partial charge on any atom is 0.0233 e. The lowest BCUT2D eigenvalue weighted by molar-refractivity contribution is 0.200. The Balaban J connectivity index is 1.66. The molecule has 1 atom stereocenters. The van der Waals surface area contributed by atoms with E-state index in [1.165, 1.54) is 42.6 Å². The molecule has 2 aromatic carbocycles. The van der Waals surface area contributed by atoms with E-state index in [-0.39, 0.29) is 0 Å². The summed E-state index contributed by atoms with van der Waals surface area (Å²) < 4.78 is 0. The van der Waals surface area contributed by atoms with Crippen LogP contribution in [-0.4, -0.2) is 18.0 Å². The SMILES string of the molecule is Cc1ccc(C2CCCN(Cc3ccccc3)C2)cc1. The van der Waals surface area contributed by atoms with Crippen LogP contribution in [0.4, 0.5) is 0 Å². The minimum atomic E-state index is 0.702. The molecule has 20 heavy (non-hydrogen) atoms. The van der Waals surface area contributed by atoms with Crippen LogP contribution < -0.4 is 0 Å². The van der Waals surface area contributed by atoms with Crippen molar-refractivity contribution >= 4 is 0 Å². The van der Waals surface area contributed by atoms with Gasteiger partial charge in [-0.1, -0.05) is 60.2 Å². The molecule has 2 aromatic rings. The average molecular weight is 265 g/mol. The van der Waals surface area contributed by atoms with E-state index in [0.717, 1.165) is 6.54 Å². The van der Waals surface area contributed by atoms with Crippen LogP contribution in [0, 0.1) is 6.92 Å². The molecular weight excluding hydrogens is 242 g/mol. The van der Waals surface area contributed by atoms with Crippen LogP contribution in [0.1, 0.15) is 35.4 Å². The van der Waals surface area contributed by atoms with E-state index in [9.17, 15) is 0 Å². The van der Waals surface area contributed by atoms with Crippen molar-refractivity contribution in [3.8, 4) is 0 Å². The summed E-state index contributed by atoms with van der Waals surface area (Å²) in [5.41, 5.74) is 4.29. The smallest absolute Gasteiger partial charge is 0.0233 e. The Bertz CT molecular complexity index is 529. The molecule has 1 heterocycles. The molecule has 0 radical (unpaired) electrons. The maximum atomic E-state index is 2.60. The molecule has 0 saturated carbocycles. The third-order valence-corrected chi connectivity index (χ3v) is 4.30. The van der Waals surface area contributed by atoms with E-state index in [0.29, 0.717) is 5.92 Å². The lowest BCUT2D eigenvalue weighted by Crippen LogP contribution is -2.33. The van der Waals surface area contributed by atoms with Gasteiger partial charge in [-0.05, 0) is 43.4 Å². The van der Waals surface area contributed by atoms with E-state index >= 15 is 0 Å². The molecule has 0 spiro atoms. The Morgan fingerprint density at radius 3 is 2.50 bits per heavy atom. The summed E-state index contributed by atoms with van der Waals surface area (Å²) in [7, 11) is 0. The predicted octanol–water partition coefficient (Wildman–Crippen LogP) is 4.37. The van der Waals surface area contributed by atoms with Crippen molar-refractivity contribution in [2.45, 2.75) is 32.2 Å². The first-order chi connectivity index (χ1) is 9.81. The minimum Gasteiger partial charge on any atom is -0.298 e.